The summed E-state index contributed by atoms with van der Waals surface area (Å²) in [5.41, 5.74) is 1.19. The zero-order valence-electron chi connectivity index (χ0n) is 13.4. The van der Waals surface area contributed by atoms with Gasteiger partial charge in [0.05, 0.1) is 12.4 Å². The van der Waals surface area contributed by atoms with Gasteiger partial charge in [-0.3, -0.25) is 4.79 Å². The Morgan fingerprint density at radius 1 is 1.23 bits per heavy atom. The molecule has 0 amide bonds. The zero-order chi connectivity index (χ0) is 15.6. The van der Waals surface area contributed by atoms with Crippen molar-refractivity contribution >= 4 is 5.78 Å². The third-order valence-corrected chi connectivity index (χ3v) is 3.77. The number of unbranched alkanes of at least 4 members (excludes halogenated alkanes) is 1. The van der Waals surface area contributed by atoms with Crippen molar-refractivity contribution in [2.45, 2.75) is 58.2 Å². The number of allylic oxidation sites excluding steroid dienone is 2. The van der Waals surface area contributed by atoms with Crippen LogP contribution < -0.4 is 0 Å². The Balaban J connectivity index is 1.62. The van der Waals surface area contributed by atoms with Crippen LogP contribution in [0.1, 0.15) is 51.0 Å². The molecule has 0 N–H and O–H groups in total. The van der Waals surface area contributed by atoms with E-state index in [2.05, 4.69) is 19.1 Å². The van der Waals surface area contributed by atoms with Crippen LogP contribution in [-0.4, -0.2) is 18.5 Å². The van der Waals surface area contributed by atoms with Crippen molar-refractivity contribution in [2.75, 3.05) is 6.61 Å². The molecule has 0 fully saturated rings. The molecule has 3 nitrogen and oxygen atoms in total. The molecule has 2 rings (SSSR count). The fraction of sp³-hybridized carbons (Fsp3) is 0.526. The van der Waals surface area contributed by atoms with E-state index in [-0.39, 0.29) is 11.9 Å². The van der Waals surface area contributed by atoms with Gasteiger partial charge in [-0.05, 0) is 24.8 Å². The second kappa shape index (κ2) is 9.42. The minimum atomic E-state index is 0.0321. The number of benzene rings is 1. The summed E-state index contributed by atoms with van der Waals surface area (Å²) in [5.74, 6) is 1.07. The van der Waals surface area contributed by atoms with Crippen LogP contribution in [0.5, 0.6) is 0 Å². The molecule has 0 spiro atoms. The maximum Gasteiger partial charge on any atom is 0.162 e. The number of carbonyl (C=O) groups is 1. The second-order valence-electron chi connectivity index (χ2n) is 5.80. The van der Waals surface area contributed by atoms with Crippen LogP contribution in [-0.2, 0) is 20.9 Å². The molecule has 0 aliphatic carbocycles. The van der Waals surface area contributed by atoms with Crippen LogP contribution in [0.15, 0.2) is 42.2 Å². The number of hydrogen-bond acceptors (Lipinski definition) is 3. The van der Waals surface area contributed by atoms with E-state index in [0.717, 1.165) is 37.9 Å². The van der Waals surface area contributed by atoms with Crippen LogP contribution in [0.4, 0.5) is 0 Å². The third kappa shape index (κ3) is 6.02. The summed E-state index contributed by atoms with van der Waals surface area (Å²) in [4.78, 5) is 11.7. The van der Waals surface area contributed by atoms with Gasteiger partial charge in [0.25, 0.3) is 0 Å². The van der Waals surface area contributed by atoms with Crippen molar-refractivity contribution < 1.29 is 14.3 Å². The smallest absolute Gasteiger partial charge is 0.162 e. The van der Waals surface area contributed by atoms with Crippen molar-refractivity contribution in [3.8, 4) is 0 Å². The standard InChI is InChI=1S/C19H26O3/c1-2-3-10-18-13-17(20)14-19(22-18)11-7-12-21-15-16-8-5-4-6-9-16/h4-6,8-9,13,19H,2-3,7,10-12,14-15H2,1H3/t19-/m0/s1. The maximum absolute atomic E-state index is 11.7. The fourth-order valence-corrected chi connectivity index (χ4v) is 2.57. The molecule has 3 heteroatoms. The topological polar surface area (TPSA) is 35.5 Å². The van der Waals surface area contributed by atoms with E-state index in [9.17, 15) is 4.79 Å². The number of ether oxygens (including phenoxy) is 2. The van der Waals surface area contributed by atoms with Crippen molar-refractivity contribution in [1.82, 2.24) is 0 Å². The number of ketones is 1. The molecule has 1 heterocycles. The zero-order valence-corrected chi connectivity index (χ0v) is 13.4. The first kappa shape index (κ1) is 16.8. The first-order chi connectivity index (χ1) is 10.8. The first-order valence-electron chi connectivity index (χ1n) is 8.29. The molecule has 1 atom stereocenters. The van der Waals surface area contributed by atoms with Gasteiger partial charge in [-0.2, -0.15) is 0 Å². The lowest BCUT2D eigenvalue weighted by Gasteiger charge is -2.24. The number of hydrogen-bond donors (Lipinski definition) is 0. The summed E-state index contributed by atoms with van der Waals surface area (Å²) >= 11 is 0. The summed E-state index contributed by atoms with van der Waals surface area (Å²) in [5, 5.41) is 0. The Hall–Kier alpha value is -1.61. The predicted octanol–water partition coefficient (Wildman–Crippen LogP) is 4.42. The molecule has 0 saturated heterocycles. The summed E-state index contributed by atoms with van der Waals surface area (Å²) in [6.07, 6.45) is 7.09. The Bertz CT molecular complexity index is 479. The normalized spacial score (nSPS) is 18.0. The van der Waals surface area contributed by atoms with Gasteiger partial charge in [0, 0.05) is 25.5 Å². The SMILES string of the molecule is CCCCC1=CC(=O)C[C@H](CCCOCc2ccccc2)O1. The molecule has 0 bridgehead atoms. The highest BCUT2D eigenvalue weighted by molar-refractivity contribution is 5.91. The lowest BCUT2D eigenvalue weighted by molar-refractivity contribution is -0.118. The summed E-state index contributed by atoms with van der Waals surface area (Å²) < 4.78 is 11.6. The molecule has 0 saturated carbocycles. The highest BCUT2D eigenvalue weighted by Crippen LogP contribution is 2.22. The molecule has 1 aromatic carbocycles. The molecule has 0 unspecified atom stereocenters. The molecular weight excluding hydrogens is 276 g/mol. The number of carbonyl (C=O) groups excluding carboxylic acids is 1. The summed E-state index contributed by atoms with van der Waals surface area (Å²) in [6.45, 7) is 3.50. The van der Waals surface area contributed by atoms with E-state index in [1.165, 1.54) is 5.56 Å². The monoisotopic (exact) mass is 302 g/mol. The van der Waals surface area contributed by atoms with Gasteiger partial charge in [-0.15, -0.1) is 0 Å². The second-order valence-corrected chi connectivity index (χ2v) is 5.80. The van der Waals surface area contributed by atoms with Gasteiger partial charge in [0.15, 0.2) is 5.78 Å². The molecule has 0 radical (unpaired) electrons. The largest absolute Gasteiger partial charge is 0.494 e. The molecule has 1 aromatic rings. The lowest BCUT2D eigenvalue weighted by Crippen LogP contribution is -2.22. The molecule has 0 aromatic heterocycles. The molecule has 1 aliphatic heterocycles. The Morgan fingerprint density at radius 2 is 2.05 bits per heavy atom. The van der Waals surface area contributed by atoms with Crippen LogP contribution in [0, 0.1) is 0 Å². The Labute approximate surface area is 133 Å². The third-order valence-electron chi connectivity index (χ3n) is 3.77. The molecule has 1 aliphatic rings. The van der Waals surface area contributed by atoms with Crippen LogP contribution in [0.2, 0.25) is 0 Å². The van der Waals surface area contributed by atoms with E-state index >= 15 is 0 Å². The highest BCUT2D eigenvalue weighted by Gasteiger charge is 2.20. The molecular formula is C19H26O3. The van der Waals surface area contributed by atoms with Gasteiger partial charge in [0.1, 0.15) is 6.10 Å². The molecule has 22 heavy (non-hydrogen) atoms. The lowest BCUT2D eigenvalue weighted by atomic mass is 10.0. The minimum absolute atomic E-state index is 0.0321. The Kier molecular flexibility index (Phi) is 7.17. The van der Waals surface area contributed by atoms with Crippen molar-refractivity contribution in [1.29, 1.82) is 0 Å². The summed E-state index contributed by atoms with van der Waals surface area (Å²) in [6, 6.07) is 10.2. The van der Waals surface area contributed by atoms with Crippen LogP contribution in [0.3, 0.4) is 0 Å². The minimum Gasteiger partial charge on any atom is -0.494 e. The predicted molar refractivity (Wildman–Crippen MR) is 87.4 cm³/mol. The van der Waals surface area contributed by atoms with Crippen LogP contribution >= 0.6 is 0 Å². The molecule has 120 valence electrons. The van der Waals surface area contributed by atoms with Crippen molar-refractivity contribution in [3.63, 3.8) is 0 Å². The highest BCUT2D eigenvalue weighted by atomic mass is 16.5. The van der Waals surface area contributed by atoms with E-state index in [0.29, 0.717) is 19.6 Å². The van der Waals surface area contributed by atoms with Crippen molar-refractivity contribution in [3.05, 3.63) is 47.7 Å². The average Bonchev–Trinajstić information content (AvgIpc) is 2.53. The van der Waals surface area contributed by atoms with Crippen LogP contribution in [0.25, 0.3) is 0 Å². The van der Waals surface area contributed by atoms with Gasteiger partial charge in [-0.1, -0.05) is 43.7 Å². The van der Waals surface area contributed by atoms with Gasteiger partial charge < -0.3 is 9.47 Å². The van der Waals surface area contributed by atoms with Crippen molar-refractivity contribution in [2.24, 2.45) is 0 Å². The fourth-order valence-electron chi connectivity index (χ4n) is 2.57. The van der Waals surface area contributed by atoms with E-state index < -0.39 is 0 Å². The maximum atomic E-state index is 11.7. The Morgan fingerprint density at radius 3 is 2.82 bits per heavy atom. The quantitative estimate of drug-likeness (QED) is 0.634. The van der Waals surface area contributed by atoms with Gasteiger partial charge in [-0.25, -0.2) is 0 Å². The number of rotatable bonds is 9. The average molecular weight is 302 g/mol. The van der Waals surface area contributed by atoms with Gasteiger partial charge >= 0.3 is 0 Å². The van der Waals surface area contributed by atoms with E-state index in [4.69, 9.17) is 9.47 Å². The van der Waals surface area contributed by atoms with E-state index in [1.54, 1.807) is 6.08 Å². The first-order valence-corrected chi connectivity index (χ1v) is 8.29. The summed E-state index contributed by atoms with van der Waals surface area (Å²) in [7, 11) is 0. The van der Waals surface area contributed by atoms with Gasteiger partial charge in [0.2, 0.25) is 0 Å². The van der Waals surface area contributed by atoms with E-state index in [1.807, 2.05) is 18.2 Å².